The van der Waals surface area contributed by atoms with Crippen molar-refractivity contribution in [1.82, 2.24) is 5.32 Å². The summed E-state index contributed by atoms with van der Waals surface area (Å²) in [6, 6.07) is 0.432. The first-order chi connectivity index (χ1) is 5.70. The Labute approximate surface area is 82.5 Å². The number of hydrogen-bond donors (Lipinski definition) is 1. The molecular weight excluding hydrogens is 218 g/mol. The summed E-state index contributed by atoms with van der Waals surface area (Å²) in [6.45, 7) is 7.67. The van der Waals surface area contributed by atoms with Crippen LogP contribution in [0.1, 0.15) is 19.8 Å². The zero-order valence-corrected chi connectivity index (χ0v) is 9.06. The lowest BCUT2D eigenvalue weighted by molar-refractivity contribution is 0.0848. The highest BCUT2D eigenvalue weighted by Crippen LogP contribution is 2.15. The van der Waals surface area contributed by atoms with E-state index in [0.29, 0.717) is 12.1 Å². The van der Waals surface area contributed by atoms with Gasteiger partial charge >= 0.3 is 0 Å². The maximum Gasteiger partial charge on any atom is 0.0726 e. The molecule has 2 unspecified atom stereocenters. The zero-order chi connectivity index (χ0) is 8.97. The Balaban J connectivity index is 2.17. The fraction of sp³-hybridized carbons (Fsp3) is 0.778. The van der Waals surface area contributed by atoms with Crippen molar-refractivity contribution in [3.05, 3.63) is 11.1 Å². The van der Waals surface area contributed by atoms with Gasteiger partial charge in [-0.15, -0.1) is 0 Å². The molecule has 1 rings (SSSR count). The Bertz CT molecular complexity index is 155. The van der Waals surface area contributed by atoms with Gasteiger partial charge in [0.2, 0.25) is 0 Å². The molecule has 70 valence electrons. The van der Waals surface area contributed by atoms with Gasteiger partial charge in [0.1, 0.15) is 0 Å². The third-order valence-corrected chi connectivity index (χ3v) is 2.42. The molecule has 1 N–H and O–H groups in total. The molecule has 2 nitrogen and oxygen atoms in total. The summed E-state index contributed by atoms with van der Waals surface area (Å²) in [5.74, 6) is 0. The Morgan fingerprint density at radius 3 is 3.08 bits per heavy atom. The molecule has 0 amide bonds. The van der Waals surface area contributed by atoms with Crippen LogP contribution in [0.5, 0.6) is 0 Å². The Kier molecular flexibility index (Phi) is 4.26. The van der Waals surface area contributed by atoms with Crippen LogP contribution >= 0.6 is 15.9 Å². The monoisotopic (exact) mass is 233 g/mol. The lowest BCUT2D eigenvalue weighted by atomic mass is 10.1. The minimum Gasteiger partial charge on any atom is -0.377 e. The molecule has 0 aromatic carbocycles. The van der Waals surface area contributed by atoms with Gasteiger partial charge in [-0.2, -0.15) is 0 Å². The molecule has 0 aliphatic carbocycles. The van der Waals surface area contributed by atoms with Gasteiger partial charge in [-0.1, -0.05) is 22.5 Å². The van der Waals surface area contributed by atoms with Crippen LogP contribution in [-0.4, -0.2) is 25.3 Å². The van der Waals surface area contributed by atoms with E-state index in [-0.39, 0.29) is 0 Å². The molecule has 0 bridgehead atoms. The Hall–Kier alpha value is 0.140. The van der Waals surface area contributed by atoms with E-state index in [0.717, 1.165) is 17.6 Å². The fourth-order valence-electron chi connectivity index (χ4n) is 1.40. The molecule has 0 saturated carbocycles. The molecule has 0 aromatic heterocycles. The van der Waals surface area contributed by atoms with Crippen LogP contribution in [0.3, 0.4) is 0 Å². The van der Waals surface area contributed by atoms with Gasteiger partial charge in [0.05, 0.1) is 6.10 Å². The van der Waals surface area contributed by atoms with Gasteiger partial charge in [0, 0.05) is 23.7 Å². The quantitative estimate of drug-likeness (QED) is 0.803. The summed E-state index contributed by atoms with van der Waals surface area (Å²) >= 11 is 3.31. The maximum atomic E-state index is 5.54. The molecule has 1 heterocycles. The van der Waals surface area contributed by atoms with E-state index < -0.39 is 0 Å². The van der Waals surface area contributed by atoms with Crippen molar-refractivity contribution in [2.75, 3.05) is 13.2 Å². The summed E-state index contributed by atoms with van der Waals surface area (Å²) in [4.78, 5) is 0. The standard InChI is InChI=1S/C9H16BrNO/c1-7(10)6-11-8(2)9-4-3-5-12-9/h8-9,11H,1,3-6H2,2H3. The van der Waals surface area contributed by atoms with E-state index >= 15 is 0 Å². The van der Waals surface area contributed by atoms with E-state index in [1.165, 1.54) is 12.8 Å². The predicted molar refractivity (Wildman–Crippen MR) is 54.5 cm³/mol. The molecule has 12 heavy (non-hydrogen) atoms. The minimum atomic E-state index is 0.400. The van der Waals surface area contributed by atoms with E-state index in [1.54, 1.807) is 0 Å². The van der Waals surface area contributed by atoms with Gasteiger partial charge in [-0.25, -0.2) is 0 Å². The molecule has 1 aliphatic heterocycles. The number of ether oxygens (including phenoxy) is 1. The molecule has 0 aromatic rings. The summed E-state index contributed by atoms with van der Waals surface area (Å²) in [5, 5.41) is 3.35. The lowest BCUT2D eigenvalue weighted by Crippen LogP contribution is -2.37. The van der Waals surface area contributed by atoms with E-state index in [2.05, 4.69) is 34.7 Å². The average molecular weight is 234 g/mol. The normalized spacial score (nSPS) is 25.7. The molecular formula is C9H16BrNO. The van der Waals surface area contributed by atoms with Gasteiger partial charge in [-0.05, 0) is 19.8 Å². The number of halogens is 1. The first-order valence-corrected chi connectivity index (χ1v) is 5.17. The van der Waals surface area contributed by atoms with Gasteiger partial charge in [0.25, 0.3) is 0 Å². The molecule has 0 spiro atoms. The largest absolute Gasteiger partial charge is 0.377 e. The van der Waals surface area contributed by atoms with Crippen molar-refractivity contribution < 1.29 is 4.74 Å². The van der Waals surface area contributed by atoms with Gasteiger partial charge in [0.15, 0.2) is 0 Å². The molecule has 1 saturated heterocycles. The van der Waals surface area contributed by atoms with Crippen LogP contribution in [0.15, 0.2) is 11.1 Å². The van der Waals surface area contributed by atoms with E-state index in [1.807, 2.05) is 0 Å². The van der Waals surface area contributed by atoms with E-state index in [4.69, 9.17) is 4.74 Å². The second kappa shape index (κ2) is 5.00. The van der Waals surface area contributed by atoms with Gasteiger partial charge < -0.3 is 10.1 Å². The molecule has 1 aliphatic rings. The SMILES string of the molecule is C=C(Br)CNC(C)C1CCCO1. The Morgan fingerprint density at radius 1 is 1.83 bits per heavy atom. The first kappa shape index (κ1) is 10.2. The molecule has 0 radical (unpaired) electrons. The highest BCUT2D eigenvalue weighted by atomic mass is 79.9. The summed E-state index contributed by atoms with van der Waals surface area (Å²) in [5.41, 5.74) is 0. The summed E-state index contributed by atoms with van der Waals surface area (Å²) < 4.78 is 6.53. The molecule has 1 fully saturated rings. The smallest absolute Gasteiger partial charge is 0.0726 e. The highest BCUT2D eigenvalue weighted by molar-refractivity contribution is 9.11. The predicted octanol–water partition coefficient (Wildman–Crippen LogP) is 2.05. The number of hydrogen-bond acceptors (Lipinski definition) is 2. The first-order valence-electron chi connectivity index (χ1n) is 4.38. The van der Waals surface area contributed by atoms with Crippen molar-refractivity contribution in [1.29, 1.82) is 0 Å². The number of nitrogens with one attached hydrogen (secondary N) is 1. The van der Waals surface area contributed by atoms with Crippen molar-refractivity contribution in [3.8, 4) is 0 Å². The van der Waals surface area contributed by atoms with Crippen molar-refractivity contribution >= 4 is 15.9 Å². The maximum absolute atomic E-state index is 5.54. The molecule has 3 heteroatoms. The van der Waals surface area contributed by atoms with Crippen molar-refractivity contribution in [3.63, 3.8) is 0 Å². The van der Waals surface area contributed by atoms with Crippen LogP contribution in [0.2, 0.25) is 0 Å². The second-order valence-electron chi connectivity index (χ2n) is 3.24. The van der Waals surface area contributed by atoms with Crippen molar-refractivity contribution in [2.45, 2.75) is 31.9 Å². The average Bonchev–Trinajstić information content (AvgIpc) is 2.51. The van der Waals surface area contributed by atoms with Crippen LogP contribution < -0.4 is 5.32 Å². The van der Waals surface area contributed by atoms with Crippen LogP contribution in [0, 0.1) is 0 Å². The highest BCUT2D eigenvalue weighted by Gasteiger charge is 2.21. The van der Waals surface area contributed by atoms with E-state index in [9.17, 15) is 0 Å². The fourth-order valence-corrected chi connectivity index (χ4v) is 1.56. The summed E-state index contributed by atoms with van der Waals surface area (Å²) in [7, 11) is 0. The zero-order valence-electron chi connectivity index (χ0n) is 7.48. The third kappa shape index (κ3) is 3.25. The lowest BCUT2D eigenvalue weighted by Gasteiger charge is -2.19. The van der Waals surface area contributed by atoms with Crippen LogP contribution in [0.25, 0.3) is 0 Å². The van der Waals surface area contributed by atoms with Crippen LogP contribution in [-0.2, 0) is 4.74 Å². The minimum absolute atomic E-state index is 0.400. The third-order valence-electron chi connectivity index (χ3n) is 2.14. The van der Waals surface area contributed by atoms with Crippen LogP contribution in [0.4, 0.5) is 0 Å². The topological polar surface area (TPSA) is 21.3 Å². The number of rotatable bonds is 4. The van der Waals surface area contributed by atoms with Gasteiger partial charge in [-0.3, -0.25) is 0 Å². The summed E-state index contributed by atoms with van der Waals surface area (Å²) in [6.07, 6.45) is 2.78. The molecule has 2 atom stereocenters. The van der Waals surface area contributed by atoms with Crippen molar-refractivity contribution in [2.24, 2.45) is 0 Å². The Morgan fingerprint density at radius 2 is 2.58 bits per heavy atom. The second-order valence-corrected chi connectivity index (χ2v) is 4.36.